The SMILES string of the molecule is CCc1nc(N)nc(N)c1-c1ccc(Cl)c(NC(=O)C(F)(F)C(F)(F)C(F)(F)F)c1. The van der Waals surface area contributed by atoms with Gasteiger partial charge in [0.15, 0.2) is 0 Å². The highest BCUT2D eigenvalue weighted by Gasteiger charge is 2.76. The maximum Gasteiger partial charge on any atom is 0.460 e. The molecule has 0 fully saturated rings. The lowest BCUT2D eigenvalue weighted by atomic mass is 10.0. The zero-order chi connectivity index (χ0) is 23.1. The Morgan fingerprint density at radius 1 is 1.10 bits per heavy atom. The van der Waals surface area contributed by atoms with Crippen molar-refractivity contribution >= 4 is 35.0 Å². The summed E-state index contributed by atoms with van der Waals surface area (Å²) in [5.41, 5.74) is 11.3. The summed E-state index contributed by atoms with van der Waals surface area (Å²) >= 11 is 5.77. The van der Waals surface area contributed by atoms with E-state index < -0.39 is 34.6 Å². The molecule has 0 aliphatic carbocycles. The first kappa shape index (κ1) is 23.4. The molecule has 0 atom stereocenters. The van der Waals surface area contributed by atoms with E-state index in [0.717, 1.165) is 12.1 Å². The summed E-state index contributed by atoms with van der Waals surface area (Å²) in [5.74, 6) is -15.9. The Bertz CT molecular complexity index is 981. The average molecular weight is 460 g/mol. The third-order valence-corrected chi connectivity index (χ3v) is 4.23. The Labute approximate surface area is 169 Å². The van der Waals surface area contributed by atoms with Crippen LogP contribution in [0.4, 0.5) is 48.2 Å². The topological polar surface area (TPSA) is 107 Å². The highest BCUT2D eigenvalue weighted by atomic mass is 35.5. The van der Waals surface area contributed by atoms with Crippen LogP contribution in [0.15, 0.2) is 18.2 Å². The Balaban J connectivity index is 2.48. The van der Waals surface area contributed by atoms with Crippen LogP contribution in [0, 0.1) is 0 Å². The third-order valence-electron chi connectivity index (χ3n) is 3.90. The van der Waals surface area contributed by atoms with Gasteiger partial charge in [0.1, 0.15) is 5.82 Å². The molecule has 1 amide bonds. The molecular weight excluding hydrogens is 447 g/mol. The molecule has 0 radical (unpaired) electrons. The molecule has 164 valence electrons. The van der Waals surface area contributed by atoms with Gasteiger partial charge in [-0.05, 0) is 24.1 Å². The molecular formula is C16H13ClF7N5O. The normalized spacial score (nSPS) is 12.7. The first-order valence-electron chi connectivity index (χ1n) is 7.99. The predicted octanol–water partition coefficient (Wildman–Crippen LogP) is 4.30. The largest absolute Gasteiger partial charge is 0.460 e. The van der Waals surface area contributed by atoms with Crippen molar-refractivity contribution in [1.29, 1.82) is 0 Å². The number of aromatic nitrogens is 2. The van der Waals surface area contributed by atoms with E-state index in [1.165, 1.54) is 11.4 Å². The van der Waals surface area contributed by atoms with Gasteiger partial charge in [0, 0.05) is 5.56 Å². The quantitative estimate of drug-likeness (QED) is 0.578. The molecule has 1 aromatic carbocycles. The number of aryl methyl sites for hydroxylation is 1. The standard InChI is InChI=1S/C16H13ClF7N5O/c1-2-8-10(11(25)29-13(26)28-8)6-3-4-7(17)9(5-6)27-12(30)14(18,19)15(20,21)16(22,23)24/h3-5H,2H2,1H3,(H,27,30)(H4,25,26,28,29). The molecule has 0 bridgehead atoms. The number of alkyl halides is 7. The summed E-state index contributed by atoms with van der Waals surface area (Å²) in [7, 11) is 0. The fraction of sp³-hybridized carbons (Fsp3) is 0.312. The lowest BCUT2D eigenvalue weighted by Crippen LogP contribution is -2.57. The Hall–Kier alpha value is -2.83. The number of nitrogens with zero attached hydrogens (tertiary/aromatic N) is 2. The van der Waals surface area contributed by atoms with Crippen LogP contribution in [0.1, 0.15) is 12.6 Å². The van der Waals surface area contributed by atoms with Crippen molar-refractivity contribution < 1.29 is 35.5 Å². The number of benzene rings is 1. The second-order valence-electron chi connectivity index (χ2n) is 5.94. The molecule has 0 saturated heterocycles. The highest BCUT2D eigenvalue weighted by molar-refractivity contribution is 6.34. The zero-order valence-electron chi connectivity index (χ0n) is 14.9. The number of nitrogens with two attached hydrogens (primary N) is 2. The molecule has 2 aromatic rings. The molecule has 1 aromatic heterocycles. The van der Waals surface area contributed by atoms with Gasteiger partial charge in [0.2, 0.25) is 5.95 Å². The van der Waals surface area contributed by atoms with E-state index in [1.54, 1.807) is 6.92 Å². The molecule has 30 heavy (non-hydrogen) atoms. The second-order valence-corrected chi connectivity index (χ2v) is 6.34. The van der Waals surface area contributed by atoms with Crippen molar-refractivity contribution in [2.24, 2.45) is 0 Å². The van der Waals surface area contributed by atoms with Crippen molar-refractivity contribution in [2.75, 3.05) is 16.8 Å². The van der Waals surface area contributed by atoms with E-state index in [1.807, 2.05) is 0 Å². The Morgan fingerprint density at radius 2 is 1.70 bits per heavy atom. The molecule has 2 rings (SSSR count). The smallest absolute Gasteiger partial charge is 0.383 e. The minimum atomic E-state index is -6.66. The number of anilines is 3. The van der Waals surface area contributed by atoms with Crippen LogP contribution < -0.4 is 16.8 Å². The Morgan fingerprint density at radius 3 is 2.23 bits per heavy atom. The van der Waals surface area contributed by atoms with Crippen molar-refractivity contribution in [3.8, 4) is 11.1 Å². The van der Waals surface area contributed by atoms with Crippen molar-refractivity contribution in [2.45, 2.75) is 31.4 Å². The molecule has 0 unspecified atom stereocenters. The van der Waals surface area contributed by atoms with Gasteiger partial charge in [-0.15, -0.1) is 0 Å². The molecule has 0 aliphatic rings. The number of carbonyl (C=O) groups excluding carboxylic acids is 1. The van der Waals surface area contributed by atoms with Gasteiger partial charge in [0.25, 0.3) is 0 Å². The van der Waals surface area contributed by atoms with Crippen molar-refractivity contribution in [3.63, 3.8) is 0 Å². The fourth-order valence-corrected chi connectivity index (χ4v) is 2.58. The van der Waals surface area contributed by atoms with E-state index in [2.05, 4.69) is 9.97 Å². The van der Waals surface area contributed by atoms with Crippen LogP contribution in [0.3, 0.4) is 0 Å². The van der Waals surface area contributed by atoms with Crippen LogP contribution >= 0.6 is 11.6 Å². The summed E-state index contributed by atoms with van der Waals surface area (Å²) in [6, 6.07) is 3.36. The van der Waals surface area contributed by atoms with E-state index in [9.17, 15) is 35.5 Å². The van der Waals surface area contributed by atoms with Crippen LogP contribution in [-0.4, -0.2) is 33.9 Å². The van der Waals surface area contributed by atoms with Gasteiger partial charge in [-0.3, -0.25) is 4.79 Å². The summed E-state index contributed by atoms with van der Waals surface area (Å²) in [5, 5.41) is 0.889. The highest BCUT2D eigenvalue weighted by Crippen LogP contribution is 2.47. The summed E-state index contributed by atoms with van der Waals surface area (Å²) in [6.07, 6.45) is -6.36. The minimum absolute atomic E-state index is 0.118. The molecule has 0 aliphatic heterocycles. The Kier molecular flexibility index (Phi) is 6.08. The van der Waals surface area contributed by atoms with Gasteiger partial charge < -0.3 is 16.8 Å². The van der Waals surface area contributed by atoms with E-state index >= 15 is 0 Å². The van der Waals surface area contributed by atoms with Crippen LogP contribution in [0.25, 0.3) is 11.1 Å². The minimum Gasteiger partial charge on any atom is -0.383 e. The van der Waals surface area contributed by atoms with Gasteiger partial charge in [0.05, 0.1) is 16.4 Å². The third kappa shape index (κ3) is 4.06. The molecule has 0 spiro atoms. The first-order valence-corrected chi connectivity index (χ1v) is 8.36. The van der Waals surface area contributed by atoms with E-state index in [0.29, 0.717) is 12.1 Å². The molecule has 1 heterocycles. The average Bonchev–Trinajstić information content (AvgIpc) is 2.61. The van der Waals surface area contributed by atoms with Gasteiger partial charge in [-0.2, -0.15) is 35.7 Å². The molecule has 5 N–H and O–H groups in total. The number of rotatable bonds is 5. The second kappa shape index (κ2) is 7.78. The zero-order valence-corrected chi connectivity index (χ0v) is 15.7. The van der Waals surface area contributed by atoms with Gasteiger partial charge >= 0.3 is 23.9 Å². The van der Waals surface area contributed by atoms with Crippen molar-refractivity contribution in [3.05, 3.63) is 28.9 Å². The number of nitrogens with one attached hydrogen (secondary N) is 1. The number of halogens is 8. The summed E-state index contributed by atoms with van der Waals surface area (Å²) in [4.78, 5) is 19.3. The molecule has 6 nitrogen and oxygen atoms in total. The first-order chi connectivity index (χ1) is 13.6. The van der Waals surface area contributed by atoms with Crippen LogP contribution in [0.2, 0.25) is 5.02 Å². The maximum absolute atomic E-state index is 13.6. The van der Waals surface area contributed by atoms with Crippen LogP contribution in [0.5, 0.6) is 0 Å². The van der Waals surface area contributed by atoms with Gasteiger partial charge in [-0.1, -0.05) is 24.6 Å². The van der Waals surface area contributed by atoms with E-state index in [-0.39, 0.29) is 22.9 Å². The number of carbonyl (C=O) groups is 1. The van der Waals surface area contributed by atoms with Gasteiger partial charge in [-0.25, -0.2) is 4.98 Å². The summed E-state index contributed by atoms with van der Waals surface area (Å²) < 4.78 is 90.2. The van der Waals surface area contributed by atoms with E-state index in [4.69, 9.17) is 23.1 Å². The predicted molar refractivity (Wildman–Crippen MR) is 95.3 cm³/mol. The number of nitrogen functional groups attached to an aromatic ring is 2. The lowest BCUT2D eigenvalue weighted by Gasteiger charge is -2.27. The van der Waals surface area contributed by atoms with Crippen LogP contribution in [-0.2, 0) is 11.2 Å². The monoisotopic (exact) mass is 459 g/mol. The lowest BCUT2D eigenvalue weighted by molar-refractivity contribution is -0.343. The van der Waals surface area contributed by atoms with Crippen molar-refractivity contribution in [1.82, 2.24) is 9.97 Å². The number of amides is 1. The number of hydrogen-bond donors (Lipinski definition) is 3. The summed E-state index contributed by atoms with van der Waals surface area (Å²) in [6.45, 7) is 1.68. The maximum atomic E-state index is 13.6. The number of hydrogen-bond acceptors (Lipinski definition) is 5. The molecule has 0 saturated carbocycles. The fourth-order valence-electron chi connectivity index (χ4n) is 2.41. The molecule has 14 heteroatoms.